The summed E-state index contributed by atoms with van der Waals surface area (Å²) in [6, 6.07) is 3.53. The second-order valence-electron chi connectivity index (χ2n) is 7.06. The van der Waals surface area contributed by atoms with Crippen LogP contribution in [0.3, 0.4) is 0 Å². The van der Waals surface area contributed by atoms with Crippen LogP contribution in [0, 0.1) is 5.92 Å². The molecule has 1 aliphatic heterocycles. The predicted molar refractivity (Wildman–Crippen MR) is 95.3 cm³/mol. The van der Waals surface area contributed by atoms with E-state index < -0.39 is 31.1 Å². The number of ether oxygens (including phenoxy) is 1. The number of hydrogen-bond donors (Lipinski definition) is 1. The molecule has 1 aromatic rings. The van der Waals surface area contributed by atoms with Gasteiger partial charge >= 0.3 is 0 Å². The zero-order valence-electron chi connectivity index (χ0n) is 20.0. The third kappa shape index (κ3) is 3.13. The number of phenolic OH excluding ortho intramolecular Hbond substituents is 1. The van der Waals surface area contributed by atoms with Gasteiger partial charge in [0.25, 0.3) is 0 Å². The lowest BCUT2D eigenvalue weighted by Gasteiger charge is -2.46. The Morgan fingerprint density at radius 2 is 2.26 bits per heavy atom. The van der Waals surface area contributed by atoms with Crippen molar-refractivity contribution in [3.63, 3.8) is 0 Å². The zero-order valence-corrected chi connectivity index (χ0v) is 14.0. The number of unbranched alkanes of at least 4 members (excludes halogenated alkanes) is 2. The standard InChI is InChI=1S/C21H30O2/c1-5-6-7-8-15-12-18(22)20-16-11-14(2)9-10-17(16)21(3,4)23-19(20)13-15/h11-13,16-17,22H,5-10H2,1-4H3/t16-,17-/m1/s1/i2D3,3D3/t16-,17-,21?. The summed E-state index contributed by atoms with van der Waals surface area (Å²) < 4.78 is 53.8. The molecule has 126 valence electrons. The largest absolute Gasteiger partial charge is 0.507 e. The third-order valence-electron chi connectivity index (χ3n) is 5.15. The van der Waals surface area contributed by atoms with Crippen LogP contribution in [0.25, 0.3) is 0 Å². The van der Waals surface area contributed by atoms with Gasteiger partial charge in [-0.1, -0.05) is 31.4 Å². The Morgan fingerprint density at radius 3 is 3.00 bits per heavy atom. The van der Waals surface area contributed by atoms with Gasteiger partial charge in [0, 0.05) is 25.6 Å². The van der Waals surface area contributed by atoms with Crippen molar-refractivity contribution in [1.29, 1.82) is 0 Å². The molecule has 3 rings (SSSR count). The van der Waals surface area contributed by atoms with E-state index in [0.717, 1.165) is 31.2 Å². The van der Waals surface area contributed by atoms with Crippen LogP contribution in [0.1, 0.15) is 84.9 Å². The van der Waals surface area contributed by atoms with Crippen molar-refractivity contribution in [2.75, 3.05) is 0 Å². The smallest absolute Gasteiger partial charge is 0.127 e. The number of allylic oxidation sites excluding steroid dienone is 2. The highest BCUT2D eigenvalue weighted by Gasteiger charge is 2.45. The summed E-state index contributed by atoms with van der Waals surface area (Å²) >= 11 is 0. The molecule has 0 aromatic heterocycles. The second-order valence-corrected chi connectivity index (χ2v) is 7.06. The first-order valence-corrected chi connectivity index (χ1v) is 8.64. The Balaban J connectivity index is 2.12. The van der Waals surface area contributed by atoms with Gasteiger partial charge in [-0.2, -0.15) is 0 Å². The highest BCUT2D eigenvalue weighted by molar-refractivity contribution is 5.53. The van der Waals surface area contributed by atoms with Gasteiger partial charge in [0.1, 0.15) is 17.1 Å². The Kier molecular flexibility index (Phi) is 2.82. The molecule has 0 amide bonds. The van der Waals surface area contributed by atoms with Crippen LogP contribution in [0.15, 0.2) is 23.8 Å². The maximum atomic E-state index is 10.8. The highest BCUT2D eigenvalue weighted by Crippen LogP contribution is 2.53. The van der Waals surface area contributed by atoms with E-state index in [0.29, 0.717) is 29.7 Å². The van der Waals surface area contributed by atoms with Crippen LogP contribution in [-0.2, 0) is 6.42 Å². The molecule has 0 fully saturated rings. The number of hydrogen-bond acceptors (Lipinski definition) is 2. The molecular formula is C21H30O2. The summed E-state index contributed by atoms with van der Waals surface area (Å²) in [5.74, 6) is -0.525. The van der Waals surface area contributed by atoms with Gasteiger partial charge in [0.15, 0.2) is 0 Å². The monoisotopic (exact) mass is 320 g/mol. The number of rotatable bonds is 4. The average Bonchev–Trinajstić information content (AvgIpc) is 2.59. The Bertz CT molecular complexity index is 796. The molecule has 0 radical (unpaired) electrons. The molecule has 2 nitrogen and oxygen atoms in total. The molecule has 1 N–H and O–H groups in total. The van der Waals surface area contributed by atoms with Crippen molar-refractivity contribution in [2.45, 2.75) is 77.6 Å². The van der Waals surface area contributed by atoms with E-state index in [9.17, 15) is 5.11 Å². The zero-order chi connectivity index (χ0) is 21.6. The van der Waals surface area contributed by atoms with Gasteiger partial charge in [0.2, 0.25) is 0 Å². The van der Waals surface area contributed by atoms with Gasteiger partial charge in [-0.3, -0.25) is 0 Å². The van der Waals surface area contributed by atoms with Crippen LogP contribution < -0.4 is 4.74 Å². The van der Waals surface area contributed by atoms with E-state index in [4.69, 9.17) is 13.0 Å². The summed E-state index contributed by atoms with van der Waals surface area (Å²) in [5, 5.41) is 10.8. The highest BCUT2D eigenvalue weighted by atomic mass is 16.5. The molecule has 2 heteroatoms. The summed E-state index contributed by atoms with van der Waals surface area (Å²) in [6.07, 6.45) is 6.24. The summed E-state index contributed by atoms with van der Waals surface area (Å²) in [6.45, 7) is -0.898. The molecule has 0 bridgehead atoms. The van der Waals surface area contributed by atoms with Gasteiger partial charge < -0.3 is 9.84 Å². The number of aromatic hydroxyl groups is 1. The van der Waals surface area contributed by atoms with Crippen molar-refractivity contribution in [2.24, 2.45) is 5.92 Å². The maximum Gasteiger partial charge on any atom is 0.127 e. The molecule has 0 saturated heterocycles. The molecule has 1 heterocycles. The van der Waals surface area contributed by atoms with Gasteiger partial charge in [-0.25, -0.2) is 0 Å². The first kappa shape index (κ1) is 10.4. The number of benzene rings is 1. The average molecular weight is 321 g/mol. The van der Waals surface area contributed by atoms with Gasteiger partial charge in [-0.05, 0) is 64.0 Å². The Morgan fingerprint density at radius 1 is 1.39 bits per heavy atom. The fourth-order valence-corrected chi connectivity index (χ4v) is 3.92. The van der Waals surface area contributed by atoms with E-state index in [-0.39, 0.29) is 5.75 Å². The van der Waals surface area contributed by atoms with Crippen LogP contribution >= 0.6 is 0 Å². The molecule has 0 saturated carbocycles. The summed E-state index contributed by atoms with van der Waals surface area (Å²) in [4.78, 5) is 0. The molecule has 0 spiro atoms. The molecule has 2 aliphatic rings. The predicted octanol–water partition coefficient (Wildman–Crippen LogP) is 5.74. The van der Waals surface area contributed by atoms with Gasteiger partial charge in [-0.15, -0.1) is 0 Å². The first-order valence-electron chi connectivity index (χ1n) is 11.6. The van der Waals surface area contributed by atoms with E-state index in [2.05, 4.69) is 6.92 Å². The lowest BCUT2D eigenvalue weighted by atomic mass is 9.68. The quantitative estimate of drug-likeness (QED) is 0.566. The minimum absolute atomic E-state index is 0.0552. The Labute approximate surface area is 149 Å². The summed E-state index contributed by atoms with van der Waals surface area (Å²) in [7, 11) is 0. The molecule has 3 atom stereocenters. The topological polar surface area (TPSA) is 29.5 Å². The minimum atomic E-state index is -2.38. The number of fused-ring (bicyclic) bond motifs is 3. The molecule has 23 heavy (non-hydrogen) atoms. The van der Waals surface area contributed by atoms with Gasteiger partial charge in [0.05, 0.1) is 0 Å². The number of aryl methyl sites for hydroxylation is 1. The van der Waals surface area contributed by atoms with Crippen molar-refractivity contribution < 1.29 is 18.1 Å². The molecule has 1 unspecified atom stereocenters. The van der Waals surface area contributed by atoms with Crippen LogP contribution in [0.4, 0.5) is 0 Å². The SMILES string of the molecule is [2H]C([2H])([2H])C1=C[C@H]2c3c(O)cc(CCCCC)cc3OC(C)(C([2H])([2H])[2H])[C@@H]2CC1. The molecular weight excluding hydrogens is 284 g/mol. The van der Waals surface area contributed by atoms with Crippen molar-refractivity contribution in [3.8, 4) is 11.5 Å². The number of phenols is 1. The fourth-order valence-electron chi connectivity index (χ4n) is 3.92. The van der Waals surface area contributed by atoms with Crippen LogP contribution in [0.2, 0.25) is 0 Å². The Hall–Kier alpha value is -1.44. The fraction of sp³-hybridized carbons (Fsp3) is 0.619. The van der Waals surface area contributed by atoms with Crippen molar-refractivity contribution in [1.82, 2.24) is 0 Å². The van der Waals surface area contributed by atoms with Crippen molar-refractivity contribution in [3.05, 3.63) is 34.9 Å². The van der Waals surface area contributed by atoms with E-state index in [1.807, 2.05) is 6.07 Å². The normalized spacial score (nSPS) is 34.3. The lowest BCUT2D eigenvalue weighted by Crippen LogP contribution is -2.45. The van der Waals surface area contributed by atoms with E-state index in [1.165, 1.54) is 0 Å². The summed E-state index contributed by atoms with van der Waals surface area (Å²) in [5.41, 5.74) is 0.288. The van der Waals surface area contributed by atoms with Crippen LogP contribution in [-0.4, -0.2) is 10.7 Å². The molecule has 1 aliphatic carbocycles. The van der Waals surface area contributed by atoms with E-state index >= 15 is 0 Å². The first-order chi connectivity index (χ1) is 13.4. The third-order valence-corrected chi connectivity index (χ3v) is 5.15. The van der Waals surface area contributed by atoms with Crippen molar-refractivity contribution >= 4 is 0 Å². The second kappa shape index (κ2) is 6.22. The lowest BCUT2D eigenvalue weighted by molar-refractivity contribution is 0.0107. The maximum absolute atomic E-state index is 10.8. The molecule has 1 aromatic carbocycles. The minimum Gasteiger partial charge on any atom is -0.507 e. The van der Waals surface area contributed by atoms with E-state index in [1.54, 1.807) is 19.1 Å². The van der Waals surface area contributed by atoms with Crippen LogP contribution in [0.5, 0.6) is 11.5 Å².